The maximum atomic E-state index is 11.7. The van der Waals surface area contributed by atoms with Crippen molar-refractivity contribution < 1.29 is 28.2 Å². The Kier molecular flexibility index (Phi) is 8.77. The number of carbonyl (C=O) groups is 2. The fourth-order valence-electron chi connectivity index (χ4n) is 1.28. The zero-order chi connectivity index (χ0) is 14.8. The second-order valence-electron chi connectivity index (χ2n) is 4.07. The molecule has 0 heterocycles. The second kappa shape index (κ2) is 9.48. The third-order valence-corrected chi connectivity index (χ3v) is 2.54. The van der Waals surface area contributed by atoms with Gasteiger partial charge in [-0.1, -0.05) is 20.3 Å². The average Bonchev–Trinajstić information content (AvgIpc) is 2.33. The molecule has 0 aliphatic heterocycles. The summed E-state index contributed by atoms with van der Waals surface area (Å²) in [4.78, 5) is 22.3. The summed E-state index contributed by atoms with van der Waals surface area (Å²) in [5.74, 6) is -1.32. The van der Waals surface area contributed by atoms with Gasteiger partial charge in [0.2, 0.25) is 0 Å². The van der Waals surface area contributed by atoms with Crippen LogP contribution in [0.15, 0.2) is 0 Å². The first-order chi connectivity index (χ1) is 8.88. The molecular formula is C11H20F2N2O4. The quantitative estimate of drug-likeness (QED) is 0.552. The number of nitrogens with one attached hydrogen (secondary N) is 2. The molecule has 2 atom stereocenters. The van der Waals surface area contributed by atoms with Gasteiger partial charge in [0.25, 0.3) is 6.43 Å². The van der Waals surface area contributed by atoms with E-state index in [1.54, 1.807) is 6.92 Å². The standard InChI is InChI=1S/C11H20F2N2O4/c1-3-7(2)9(10(16)17)15-11(18)14-4-5-19-6-8(12)13/h7-9H,3-6H2,1-2H3,(H,16,17)(H2,14,15,18)/t7?,9-/m0/s1. The van der Waals surface area contributed by atoms with E-state index < -0.39 is 31.1 Å². The Morgan fingerprint density at radius 1 is 1.37 bits per heavy atom. The third kappa shape index (κ3) is 8.30. The summed E-state index contributed by atoms with van der Waals surface area (Å²) >= 11 is 0. The summed E-state index contributed by atoms with van der Waals surface area (Å²) in [5.41, 5.74) is 0. The fourth-order valence-corrected chi connectivity index (χ4v) is 1.28. The van der Waals surface area contributed by atoms with Gasteiger partial charge in [-0.15, -0.1) is 0 Å². The molecule has 0 aromatic rings. The van der Waals surface area contributed by atoms with E-state index >= 15 is 0 Å². The first kappa shape index (κ1) is 17.6. The summed E-state index contributed by atoms with van der Waals surface area (Å²) in [6.07, 6.45) is -1.94. The van der Waals surface area contributed by atoms with Gasteiger partial charge in [0, 0.05) is 6.54 Å². The predicted octanol–water partition coefficient (Wildman–Crippen LogP) is 1.07. The average molecular weight is 282 g/mol. The molecule has 2 amide bonds. The van der Waals surface area contributed by atoms with Crippen molar-refractivity contribution in [1.82, 2.24) is 10.6 Å². The number of carboxylic acid groups (broad SMARTS) is 1. The van der Waals surface area contributed by atoms with Crippen LogP contribution in [0.1, 0.15) is 20.3 Å². The Hall–Kier alpha value is -1.44. The molecule has 1 unspecified atom stereocenters. The van der Waals surface area contributed by atoms with E-state index in [4.69, 9.17) is 5.11 Å². The number of urea groups is 1. The first-order valence-electron chi connectivity index (χ1n) is 6.01. The third-order valence-electron chi connectivity index (χ3n) is 2.54. The zero-order valence-corrected chi connectivity index (χ0v) is 11.0. The van der Waals surface area contributed by atoms with Crippen molar-refractivity contribution >= 4 is 12.0 Å². The van der Waals surface area contributed by atoms with Crippen LogP contribution in [0.4, 0.5) is 13.6 Å². The number of rotatable bonds is 9. The van der Waals surface area contributed by atoms with Crippen molar-refractivity contribution in [3.05, 3.63) is 0 Å². The maximum Gasteiger partial charge on any atom is 0.326 e. The molecule has 112 valence electrons. The van der Waals surface area contributed by atoms with Crippen molar-refractivity contribution in [2.45, 2.75) is 32.7 Å². The van der Waals surface area contributed by atoms with Gasteiger partial charge in [-0.3, -0.25) is 0 Å². The highest BCUT2D eigenvalue weighted by Crippen LogP contribution is 2.07. The topological polar surface area (TPSA) is 87.7 Å². The molecule has 0 aliphatic rings. The highest BCUT2D eigenvalue weighted by atomic mass is 19.3. The molecule has 0 saturated carbocycles. The number of ether oxygens (including phenoxy) is 1. The van der Waals surface area contributed by atoms with Gasteiger partial charge in [0.05, 0.1) is 6.61 Å². The molecule has 0 aromatic carbocycles. The Balaban J connectivity index is 3.91. The van der Waals surface area contributed by atoms with Crippen molar-refractivity contribution in [2.24, 2.45) is 5.92 Å². The van der Waals surface area contributed by atoms with E-state index in [2.05, 4.69) is 15.4 Å². The number of halogens is 2. The van der Waals surface area contributed by atoms with Crippen LogP contribution in [-0.2, 0) is 9.53 Å². The summed E-state index contributed by atoms with van der Waals surface area (Å²) in [7, 11) is 0. The maximum absolute atomic E-state index is 11.7. The summed E-state index contributed by atoms with van der Waals surface area (Å²) in [5, 5.41) is 13.6. The molecular weight excluding hydrogens is 262 g/mol. The fraction of sp³-hybridized carbons (Fsp3) is 0.818. The first-order valence-corrected chi connectivity index (χ1v) is 6.01. The molecule has 0 fully saturated rings. The van der Waals surface area contributed by atoms with Crippen LogP contribution in [0.25, 0.3) is 0 Å². The van der Waals surface area contributed by atoms with E-state index in [1.165, 1.54) is 0 Å². The Labute approximate surface area is 110 Å². The summed E-state index contributed by atoms with van der Waals surface area (Å²) in [6, 6.07) is -1.64. The summed E-state index contributed by atoms with van der Waals surface area (Å²) < 4.78 is 28.0. The highest BCUT2D eigenvalue weighted by molar-refractivity contribution is 5.82. The van der Waals surface area contributed by atoms with Crippen molar-refractivity contribution in [3.63, 3.8) is 0 Å². The second-order valence-corrected chi connectivity index (χ2v) is 4.07. The minimum Gasteiger partial charge on any atom is -0.480 e. The zero-order valence-electron chi connectivity index (χ0n) is 11.0. The van der Waals surface area contributed by atoms with Gasteiger partial charge in [0.15, 0.2) is 0 Å². The van der Waals surface area contributed by atoms with E-state index in [1.807, 2.05) is 6.92 Å². The molecule has 19 heavy (non-hydrogen) atoms. The van der Waals surface area contributed by atoms with Crippen LogP contribution in [0.2, 0.25) is 0 Å². The molecule has 0 aliphatic carbocycles. The number of hydrogen-bond acceptors (Lipinski definition) is 3. The Bertz CT molecular complexity index is 290. The largest absolute Gasteiger partial charge is 0.480 e. The lowest BCUT2D eigenvalue weighted by Crippen LogP contribution is -2.49. The van der Waals surface area contributed by atoms with Crippen molar-refractivity contribution in [2.75, 3.05) is 19.8 Å². The monoisotopic (exact) mass is 282 g/mol. The minimum atomic E-state index is -2.55. The number of alkyl halides is 2. The van der Waals surface area contributed by atoms with E-state index in [-0.39, 0.29) is 19.1 Å². The minimum absolute atomic E-state index is 0.0331. The normalized spacial score (nSPS) is 13.9. The van der Waals surface area contributed by atoms with E-state index in [0.717, 1.165) is 0 Å². The van der Waals surface area contributed by atoms with Gasteiger partial charge in [-0.05, 0) is 5.92 Å². The van der Waals surface area contributed by atoms with Crippen LogP contribution in [0.3, 0.4) is 0 Å². The van der Waals surface area contributed by atoms with Crippen LogP contribution in [0.5, 0.6) is 0 Å². The lowest BCUT2D eigenvalue weighted by atomic mass is 9.99. The van der Waals surface area contributed by atoms with Gasteiger partial charge in [-0.25, -0.2) is 18.4 Å². The van der Waals surface area contributed by atoms with Crippen LogP contribution in [0, 0.1) is 5.92 Å². The van der Waals surface area contributed by atoms with Crippen LogP contribution >= 0.6 is 0 Å². The van der Waals surface area contributed by atoms with Gasteiger partial charge < -0.3 is 20.5 Å². The number of amides is 2. The molecule has 0 rings (SSSR count). The SMILES string of the molecule is CCC(C)[C@H](NC(=O)NCCOCC(F)F)C(=O)O. The molecule has 8 heteroatoms. The lowest BCUT2D eigenvalue weighted by Gasteiger charge is -2.20. The highest BCUT2D eigenvalue weighted by Gasteiger charge is 2.24. The van der Waals surface area contributed by atoms with Gasteiger partial charge >= 0.3 is 12.0 Å². The Morgan fingerprint density at radius 2 is 2.00 bits per heavy atom. The molecule has 0 aromatic heterocycles. The smallest absolute Gasteiger partial charge is 0.326 e. The number of carboxylic acids is 1. The Morgan fingerprint density at radius 3 is 2.47 bits per heavy atom. The number of aliphatic carboxylic acids is 1. The predicted molar refractivity (Wildman–Crippen MR) is 64.2 cm³/mol. The van der Waals surface area contributed by atoms with E-state index in [0.29, 0.717) is 6.42 Å². The molecule has 0 saturated heterocycles. The molecule has 6 nitrogen and oxygen atoms in total. The molecule has 0 radical (unpaired) electrons. The van der Waals surface area contributed by atoms with Crippen molar-refractivity contribution in [1.29, 1.82) is 0 Å². The number of carbonyl (C=O) groups excluding carboxylic acids is 1. The van der Waals surface area contributed by atoms with E-state index in [9.17, 15) is 18.4 Å². The number of hydrogen-bond donors (Lipinski definition) is 3. The van der Waals surface area contributed by atoms with Crippen LogP contribution < -0.4 is 10.6 Å². The lowest BCUT2D eigenvalue weighted by molar-refractivity contribution is -0.140. The summed E-state index contributed by atoms with van der Waals surface area (Å²) in [6.45, 7) is 2.82. The van der Waals surface area contributed by atoms with Gasteiger partial charge in [-0.2, -0.15) is 0 Å². The van der Waals surface area contributed by atoms with Gasteiger partial charge in [0.1, 0.15) is 12.6 Å². The molecule has 0 bridgehead atoms. The van der Waals surface area contributed by atoms with Crippen molar-refractivity contribution in [3.8, 4) is 0 Å². The van der Waals surface area contributed by atoms with Crippen LogP contribution in [-0.4, -0.2) is 49.3 Å². The molecule has 0 spiro atoms. The molecule has 3 N–H and O–H groups in total.